The van der Waals surface area contributed by atoms with Gasteiger partial charge in [-0.2, -0.15) is 0 Å². The summed E-state index contributed by atoms with van der Waals surface area (Å²) in [6.45, 7) is 13.9. The molecule has 1 heterocycles. The minimum atomic E-state index is -0.919. The third kappa shape index (κ3) is 8.16. The van der Waals surface area contributed by atoms with Crippen LogP contribution in [0.25, 0.3) is 5.76 Å². The Morgan fingerprint density at radius 1 is 1.04 bits per heavy atom. The van der Waals surface area contributed by atoms with Crippen LogP contribution in [0.1, 0.15) is 70.2 Å². The number of ether oxygens (including phenoxy) is 3. The van der Waals surface area contributed by atoms with E-state index in [0.717, 1.165) is 22.9 Å². The molecule has 0 aromatic heterocycles. The summed E-state index contributed by atoms with van der Waals surface area (Å²) >= 11 is 0. The summed E-state index contributed by atoms with van der Waals surface area (Å²) in [5.74, 6) is -1.64. The Morgan fingerprint density at radius 3 is 2.35 bits per heavy atom. The number of aliphatic imine (C=N–C) groups is 2. The van der Waals surface area contributed by atoms with Crippen LogP contribution in [0, 0.1) is 23.0 Å². The van der Waals surface area contributed by atoms with Gasteiger partial charge in [0, 0.05) is 47.4 Å². The highest BCUT2D eigenvalue weighted by molar-refractivity contribution is 6.00. The third-order valence-electron chi connectivity index (χ3n) is 7.93. The fourth-order valence-corrected chi connectivity index (χ4v) is 5.35. The topological polar surface area (TPSA) is 69.5 Å². The van der Waals surface area contributed by atoms with Crippen LogP contribution in [-0.4, -0.2) is 31.9 Å². The summed E-state index contributed by atoms with van der Waals surface area (Å²) in [5.41, 5.74) is 3.99. The first-order chi connectivity index (χ1) is 21.8. The van der Waals surface area contributed by atoms with Gasteiger partial charge < -0.3 is 14.2 Å². The second-order valence-electron chi connectivity index (χ2n) is 12.5. The lowest BCUT2D eigenvalue weighted by molar-refractivity contribution is -0.121. The number of hydrogen-bond donors (Lipinski definition) is 0. The van der Waals surface area contributed by atoms with E-state index in [9.17, 15) is 13.6 Å². The van der Waals surface area contributed by atoms with E-state index >= 15 is 0 Å². The fourth-order valence-electron chi connectivity index (χ4n) is 5.35. The summed E-state index contributed by atoms with van der Waals surface area (Å²) in [4.78, 5) is 22.8. The Balaban J connectivity index is 1.53. The number of carbonyl (C=O) groups is 1. The van der Waals surface area contributed by atoms with Crippen LogP contribution >= 0.6 is 0 Å². The number of nitrogens with zero attached hydrogens (tertiary/aromatic N) is 2. The molecule has 2 atom stereocenters. The number of carbonyl (C=O) groups excluding carboxylic acids is 1. The van der Waals surface area contributed by atoms with Gasteiger partial charge in [0.05, 0.1) is 25.9 Å². The minimum Gasteiger partial charge on any atom is -0.493 e. The molecule has 1 unspecified atom stereocenters. The Morgan fingerprint density at radius 2 is 1.72 bits per heavy atom. The van der Waals surface area contributed by atoms with Crippen LogP contribution < -0.4 is 14.2 Å². The van der Waals surface area contributed by atoms with Gasteiger partial charge in [0.1, 0.15) is 17.4 Å². The van der Waals surface area contributed by atoms with E-state index in [-0.39, 0.29) is 40.7 Å². The second-order valence-corrected chi connectivity index (χ2v) is 12.5. The molecule has 3 aromatic rings. The van der Waals surface area contributed by atoms with Crippen molar-refractivity contribution < 1.29 is 27.8 Å². The molecular weight excluding hydrogens is 586 g/mol. The van der Waals surface area contributed by atoms with Crippen molar-refractivity contribution >= 4 is 29.2 Å². The number of ketones is 1. The maximum Gasteiger partial charge on any atom is 0.168 e. The van der Waals surface area contributed by atoms with Gasteiger partial charge in [-0.15, -0.1) is 0 Å². The van der Waals surface area contributed by atoms with Crippen molar-refractivity contribution in [2.45, 2.75) is 59.9 Å². The van der Waals surface area contributed by atoms with Crippen LogP contribution in [0.3, 0.4) is 0 Å². The molecule has 1 aliphatic heterocycles. The summed E-state index contributed by atoms with van der Waals surface area (Å²) < 4.78 is 46.5. The molecule has 4 rings (SSSR count). The molecule has 0 bridgehead atoms. The Bertz CT molecular complexity index is 1690. The van der Waals surface area contributed by atoms with Gasteiger partial charge in [-0.25, -0.2) is 8.78 Å². The number of hydrogen-bond acceptors (Lipinski definition) is 6. The average Bonchev–Trinajstić information content (AvgIpc) is 3.02. The van der Waals surface area contributed by atoms with Crippen LogP contribution in [0.5, 0.6) is 17.2 Å². The molecule has 242 valence electrons. The first-order valence-corrected chi connectivity index (χ1v) is 15.3. The predicted octanol–water partition coefficient (Wildman–Crippen LogP) is 9.45. The molecule has 6 nitrogen and oxygen atoms in total. The standard InChI is InChI=1S/C38H42F2N2O4/c1-9-41-32-22-36(45-8)35(44-7)20-28(32)24(3)46-34-19-27(29(39)21-30(34)40)18-33(43)23(2)15-25-16-31(26-13-11-10-12-14-26)42-37(17-25)38(4,5)6/h9-14,17,19-23,31H,3,15-16,18H2,1-2,4-8H3/t23-,31?/m0/s1. The molecule has 0 saturated carbocycles. The lowest BCUT2D eigenvalue weighted by Crippen LogP contribution is -2.24. The summed E-state index contributed by atoms with van der Waals surface area (Å²) in [6, 6.07) is 15.3. The second kappa shape index (κ2) is 14.7. The first kappa shape index (κ1) is 34.3. The van der Waals surface area contributed by atoms with Crippen molar-refractivity contribution in [1.82, 2.24) is 0 Å². The highest BCUT2D eigenvalue weighted by atomic mass is 19.1. The molecule has 0 fully saturated rings. The summed E-state index contributed by atoms with van der Waals surface area (Å²) in [5, 5.41) is 0. The van der Waals surface area contributed by atoms with Crippen molar-refractivity contribution in [3.63, 3.8) is 0 Å². The van der Waals surface area contributed by atoms with Gasteiger partial charge >= 0.3 is 0 Å². The van der Waals surface area contributed by atoms with E-state index in [1.807, 2.05) is 25.1 Å². The average molecular weight is 629 g/mol. The zero-order chi connectivity index (χ0) is 33.6. The van der Waals surface area contributed by atoms with Gasteiger partial charge in [0.25, 0.3) is 0 Å². The summed E-state index contributed by atoms with van der Waals surface area (Å²) in [6.07, 6.45) is 4.69. The van der Waals surface area contributed by atoms with Gasteiger partial charge in [-0.05, 0) is 49.1 Å². The highest BCUT2D eigenvalue weighted by Crippen LogP contribution is 2.39. The van der Waals surface area contributed by atoms with E-state index in [4.69, 9.17) is 19.2 Å². The molecular formula is C38H42F2N2O4. The molecule has 0 N–H and O–H groups in total. The zero-order valence-electron chi connectivity index (χ0n) is 27.6. The van der Waals surface area contributed by atoms with Crippen molar-refractivity contribution in [3.05, 3.63) is 101 Å². The first-order valence-electron chi connectivity index (χ1n) is 15.3. The van der Waals surface area contributed by atoms with Crippen molar-refractivity contribution in [2.24, 2.45) is 21.3 Å². The van der Waals surface area contributed by atoms with Gasteiger partial charge in [0.2, 0.25) is 0 Å². The van der Waals surface area contributed by atoms with Crippen molar-refractivity contribution in [2.75, 3.05) is 14.2 Å². The number of halogens is 2. The lowest BCUT2D eigenvalue weighted by atomic mass is 9.82. The number of allylic oxidation sites excluding steroid dienone is 1. The molecule has 3 aromatic carbocycles. The van der Waals surface area contributed by atoms with Crippen LogP contribution in [0.4, 0.5) is 14.5 Å². The molecule has 46 heavy (non-hydrogen) atoms. The van der Waals surface area contributed by atoms with Crippen LogP contribution in [0.2, 0.25) is 0 Å². The largest absolute Gasteiger partial charge is 0.493 e. The fraction of sp³-hybridized carbons (Fsp3) is 0.342. The maximum atomic E-state index is 15.0. The Kier molecular flexibility index (Phi) is 10.9. The molecule has 0 amide bonds. The number of methoxy groups -OCH3 is 2. The van der Waals surface area contributed by atoms with Gasteiger partial charge in [0.15, 0.2) is 23.1 Å². The molecule has 0 aliphatic carbocycles. The maximum absolute atomic E-state index is 15.0. The van der Waals surface area contributed by atoms with Crippen LogP contribution in [0.15, 0.2) is 82.8 Å². The van der Waals surface area contributed by atoms with Gasteiger partial charge in [-0.1, -0.05) is 70.2 Å². The SMILES string of the molecule is C=C(Oc1cc(CC(=O)[C@@H](C)CC2=CC(C(C)(C)C)=NC(c3ccccc3)C2)c(F)cc1F)c1cc(OC)c(OC)cc1N=CC. The minimum absolute atomic E-state index is 0.0331. The smallest absolute Gasteiger partial charge is 0.168 e. The normalized spacial score (nSPS) is 15.6. The highest BCUT2D eigenvalue weighted by Gasteiger charge is 2.27. The quantitative estimate of drug-likeness (QED) is 0.148. The van der Waals surface area contributed by atoms with E-state index in [1.54, 1.807) is 25.3 Å². The molecule has 1 aliphatic rings. The predicted molar refractivity (Wildman–Crippen MR) is 181 cm³/mol. The number of Topliss-reactive ketones (excluding diaryl/α,β-unsaturated/α-hetero) is 1. The van der Waals surface area contributed by atoms with Crippen molar-refractivity contribution in [1.29, 1.82) is 0 Å². The lowest BCUT2D eigenvalue weighted by Gasteiger charge is -2.29. The van der Waals surface area contributed by atoms with E-state index in [1.165, 1.54) is 20.3 Å². The summed E-state index contributed by atoms with van der Waals surface area (Å²) in [7, 11) is 2.99. The number of rotatable bonds is 12. The zero-order valence-corrected chi connectivity index (χ0v) is 27.6. The Hall–Kier alpha value is -4.59. The molecule has 0 saturated heterocycles. The number of dihydropyridines is 1. The molecule has 0 radical (unpaired) electrons. The molecule has 8 heteroatoms. The third-order valence-corrected chi connectivity index (χ3v) is 7.93. The molecule has 0 spiro atoms. The monoisotopic (exact) mass is 628 g/mol. The van der Waals surface area contributed by atoms with Crippen LogP contribution in [-0.2, 0) is 11.2 Å². The van der Waals surface area contributed by atoms with Gasteiger partial charge in [-0.3, -0.25) is 14.8 Å². The Labute approximate surface area is 270 Å². The van der Waals surface area contributed by atoms with E-state index in [0.29, 0.717) is 35.6 Å². The van der Waals surface area contributed by atoms with E-state index < -0.39 is 17.6 Å². The number of benzene rings is 3. The van der Waals surface area contributed by atoms with E-state index in [2.05, 4.69) is 50.6 Å². The van der Waals surface area contributed by atoms with Crippen molar-refractivity contribution in [3.8, 4) is 17.2 Å².